The number of nitrogens with one attached hydrogen (secondary N) is 2. The molecule has 1 rings (SSSR count). The van der Waals surface area contributed by atoms with Crippen LogP contribution in [0, 0.1) is 0 Å². The van der Waals surface area contributed by atoms with Crippen molar-refractivity contribution in [2.45, 2.75) is 31.7 Å². The molecule has 1 atom stereocenters. The van der Waals surface area contributed by atoms with E-state index in [4.69, 9.17) is 5.11 Å². The first-order chi connectivity index (χ1) is 8.88. The van der Waals surface area contributed by atoms with Gasteiger partial charge in [-0.25, -0.2) is 4.79 Å². The quantitative estimate of drug-likeness (QED) is 0.625. The summed E-state index contributed by atoms with van der Waals surface area (Å²) in [6, 6.07) is -0.863. The lowest BCUT2D eigenvalue weighted by Crippen LogP contribution is -2.52. The Labute approximate surface area is 110 Å². The maximum Gasteiger partial charge on any atom is 0.321 e. The van der Waals surface area contributed by atoms with Crippen LogP contribution < -0.4 is 10.6 Å². The second kappa shape index (κ2) is 6.72. The van der Waals surface area contributed by atoms with E-state index in [-0.39, 0.29) is 24.8 Å². The van der Waals surface area contributed by atoms with E-state index < -0.39 is 17.9 Å². The van der Waals surface area contributed by atoms with Crippen molar-refractivity contribution < 1.29 is 24.3 Å². The lowest BCUT2D eigenvalue weighted by molar-refractivity contribution is -0.138. The molecule has 8 heteroatoms. The number of carboxylic acids is 1. The standard InChI is InChI=1S/C11H17N3O5/c1-14-6-7(2-4-9(14)16)12-11(19)13-8(15)3-5-10(17)18/h7H,2-6H2,1H3,(H,17,18)(H2,12,13,15,19). The number of carbonyl (C=O) groups excluding carboxylic acids is 3. The summed E-state index contributed by atoms with van der Waals surface area (Å²) in [5, 5.41) is 13.0. The maximum absolute atomic E-state index is 11.5. The van der Waals surface area contributed by atoms with Crippen molar-refractivity contribution in [3.05, 3.63) is 0 Å². The Morgan fingerprint density at radius 2 is 2.05 bits per heavy atom. The minimum absolute atomic E-state index is 0.0241. The van der Waals surface area contributed by atoms with Gasteiger partial charge in [0.2, 0.25) is 11.8 Å². The minimum atomic E-state index is -1.09. The number of hydrogen-bond acceptors (Lipinski definition) is 4. The smallest absolute Gasteiger partial charge is 0.321 e. The van der Waals surface area contributed by atoms with Crippen LogP contribution >= 0.6 is 0 Å². The minimum Gasteiger partial charge on any atom is -0.481 e. The fraction of sp³-hybridized carbons (Fsp3) is 0.636. The second-order valence-electron chi connectivity index (χ2n) is 4.43. The first-order valence-electron chi connectivity index (χ1n) is 5.94. The van der Waals surface area contributed by atoms with Crippen molar-refractivity contribution in [1.82, 2.24) is 15.5 Å². The molecule has 0 aromatic heterocycles. The number of hydrogen-bond donors (Lipinski definition) is 3. The summed E-state index contributed by atoms with van der Waals surface area (Å²) in [5.41, 5.74) is 0. The first-order valence-corrected chi connectivity index (χ1v) is 5.94. The van der Waals surface area contributed by atoms with Crippen LogP contribution in [0.2, 0.25) is 0 Å². The molecular weight excluding hydrogens is 254 g/mol. The number of imide groups is 1. The fourth-order valence-corrected chi connectivity index (χ4v) is 1.76. The van der Waals surface area contributed by atoms with Crippen LogP contribution in [-0.4, -0.2) is 53.5 Å². The molecule has 0 aliphatic carbocycles. The number of carboxylic acid groups (broad SMARTS) is 1. The Morgan fingerprint density at radius 1 is 1.37 bits per heavy atom. The van der Waals surface area contributed by atoms with E-state index in [1.54, 1.807) is 7.05 Å². The van der Waals surface area contributed by atoms with Crippen LogP contribution in [-0.2, 0) is 14.4 Å². The number of rotatable bonds is 4. The summed E-state index contributed by atoms with van der Waals surface area (Å²) >= 11 is 0. The second-order valence-corrected chi connectivity index (χ2v) is 4.43. The van der Waals surface area contributed by atoms with Crippen molar-refractivity contribution >= 4 is 23.8 Å². The number of likely N-dealkylation sites (tertiary alicyclic amines) is 1. The van der Waals surface area contributed by atoms with Gasteiger partial charge in [0.05, 0.1) is 6.42 Å². The van der Waals surface area contributed by atoms with Crippen molar-refractivity contribution in [2.24, 2.45) is 0 Å². The van der Waals surface area contributed by atoms with E-state index in [1.165, 1.54) is 4.90 Å². The number of carbonyl (C=O) groups is 4. The lowest BCUT2D eigenvalue weighted by Gasteiger charge is -2.29. The predicted octanol–water partition coefficient (Wildman–Crippen LogP) is -0.702. The molecule has 4 amide bonds. The Morgan fingerprint density at radius 3 is 2.63 bits per heavy atom. The van der Waals surface area contributed by atoms with Gasteiger partial charge in [-0.05, 0) is 6.42 Å². The molecule has 19 heavy (non-hydrogen) atoms. The van der Waals surface area contributed by atoms with Crippen LogP contribution in [0.15, 0.2) is 0 Å². The van der Waals surface area contributed by atoms with Crippen molar-refractivity contribution in [1.29, 1.82) is 0 Å². The number of likely N-dealkylation sites (N-methyl/N-ethyl adjacent to an activating group) is 1. The lowest BCUT2D eigenvalue weighted by atomic mass is 10.1. The van der Waals surface area contributed by atoms with Gasteiger partial charge in [-0.2, -0.15) is 0 Å². The van der Waals surface area contributed by atoms with E-state index in [9.17, 15) is 19.2 Å². The van der Waals surface area contributed by atoms with Crippen molar-refractivity contribution in [3.63, 3.8) is 0 Å². The molecule has 106 valence electrons. The van der Waals surface area contributed by atoms with Crippen LogP contribution in [0.5, 0.6) is 0 Å². The Balaban J connectivity index is 2.29. The van der Waals surface area contributed by atoms with Crippen molar-refractivity contribution in [3.8, 4) is 0 Å². The van der Waals surface area contributed by atoms with Crippen LogP contribution in [0.25, 0.3) is 0 Å². The summed E-state index contributed by atoms with van der Waals surface area (Å²) in [6.07, 6.45) is 0.319. The van der Waals surface area contributed by atoms with Gasteiger partial charge in [-0.1, -0.05) is 0 Å². The number of nitrogens with zero attached hydrogens (tertiary/aromatic N) is 1. The number of amides is 4. The van der Waals surface area contributed by atoms with E-state index in [0.29, 0.717) is 19.4 Å². The molecule has 1 fully saturated rings. The summed E-state index contributed by atoms with van der Waals surface area (Å²) in [4.78, 5) is 45.7. The monoisotopic (exact) mass is 271 g/mol. The molecule has 0 bridgehead atoms. The van der Waals surface area contributed by atoms with E-state index in [1.807, 2.05) is 0 Å². The highest BCUT2D eigenvalue weighted by Crippen LogP contribution is 2.09. The Kier molecular flexibility index (Phi) is 5.28. The topological polar surface area (TPSA) is 116 Å². The van der Waals surface area contributed by atoms with Gasteiger partial charge in [-0.15, -0.1) is 0 Å². The third kappa shape index (κ3) is 5.36. The number of urea groups is 1. The first kappa shape index (κ1) is 14.9. The molecule has 0 spiro atoms. The summed E-state index contributed by atoms with van der Waals surface area (Å²) < 4.78 is 0. The highest BCUT2D eigenvalue weighted by Gasteiger charge is 2.24. The zero-order valence-corrected chi connectivity index (χ0v) is 10.6. The van der Waals surface area contributed by atoms with Gasteiger partial charge < -0.3 is 15.3 Å². The molecule has 0 aromatic carbocycles. The summed E-state index contributed by atoms with van der Waals surface area (Å²) in [7, 11) is 1.64. The van der Waals surface area contributed by atoms with Crippen LogP contribution in [0.4, 0.5) is 4.79 Å². The SMILES string of the molecule is CN1CC(NC(=O)NC(=O)CCC(=O)O)CCC1=O. The largest absolute Gasteiger partial charge is 0.481 e. The molecule has 1 heterocycles. The Bertz CT molecular complexity index is 396. The van der Waals surface area contributed by atoms with E-state index >= 15 is 0 Å². The third-order valence-corrected chi connectivity index (χ3v) is 2.78. The average molecular weight is 271 g/mol. The zero-order valence-electron chi connectivity index (χ0n) is 10.6. The highest BCUT2D eigenvalue weighted by atomic mass is 16.4. The molecule has 0 aromatic rings. The summed E-state index contributed by atoms with van der Waals surface area (Å²) in [5.74, 6) is -1.71. The molecular formula is C11H17N3O5. The van der Waals surface area contributed by atoms with Crippen molar-refractivity contribution in [2.75, 3.05) is 13.6 Å². The van der Waals surface area contributed by atoms with Gasteiger partial charge in [0, 0.05) is 32.5 Å². The Hall–Kier alpha value is -2.12. The number of aliphatic carboxylic acids is 1. The van der Waals surface area contributed by atoms with Crippen LogP contribution in [0.3, 0.4) is 0 Å². The van der Waals surface area contributed by atoms with E-state index in [0.717, 1.165) is 0 Å². The molecule has 1 saturated heterocycles. The zero-order chi connectivity index (χ0) is 14.4. The highest BCUT2D eigenvalue weighted by molar-refractivity contribution is 5.95. The number of piperidine rings is 1. The predicted molar refractivity (Wildman–Crippen MR) is 64.2 cm³/mol. The van der Waals surface area contributed by atoms with Gasteiger partial charge in [0.1, 0.15) is 0 Å². The molecule has 0 saturated carbocycles. The fourth-order valence-electron chi connectivity index (χ4n) is 1.76. The normalized spacial score (nSPS) is 18.9. The van der Waals surface area contributed by atoms with E-state index in [2.05, 4.69) is 10.6 Å². The van der Waals surface area contributed by atoms with Gasteiger partial charge in [-0.3, -0.25) is 19.7 Å². The molecule has 3 N–H and O–H groups in total. The van der Waals surface area contributed by atoms with Gasteiger partial charge in [0.15, 0.2) is 0 Å². The average Bonchev–Trinajstić information content (AvgIpc) is 2.31. The molecule has 0 radical (unpaired) electrons. The molecule has 8 nitrogen and oxygen atoms in total. The maximum atomic E-state index is 11.5. The van der Waals surface area contributed by atoms with Gasteiger partial charge >= 0.3 is 12.0 Å². The molecule has 1 aliphatic rings. The summed E-state index contributed by atoms with van der Waals surface area (Å²) in [6.45, 7) is 0.398. The molecule has 1 aliphatic heterocycles. The third-order valence-electron chi connectivity index (χ3n) is 2.78. The van der Waals surface area contributed by atoms with Crippen LogP contribution in [0.1, 0.15) is 25.7 Å². The van der Waals surface area contributed by atoms with Gasteiger partial charge in [0.25, 0.3) is 0 Å². The molecule has 1 unspecified atom stereocenters.